The van der Waals surface area contributed by atoms with Crippen LogP contribution in [-0.4, -0.2) is 13.2 Å². The lowest BCUT2D eigenvalue weighted by atomic mass is 9.99. The Morgan fingerprint density at radius 3 is 2.03 bits per heavy atom. The highest BCUT2D eigenvalue weighted by Gasteiger charge is 2.23. The largest absolute Gasteiger partial charge is 0.494 e. The van der Waals surface area contributed by atoms with Gasteiger partial charge in [0.2, 0.25) is 0 Å². The molecule has 0 amide bonds. The Morgan fingerprint density at radius 1 is 0.781 bits per heavy atom. The van der Waals surface area contributed by atoms with Gasteiger partial charge in [0.25, 0.3) is 6.43 Å². The maximum absolute atomic E-state index is 14.5. The molecule has 0 aliphatic heterocycles. The minimum Gasteiger partial charge on any atom is -0.494 e. The molecule has 0 aliphatic carbocycles. The van der Waals surface area contributed by atoms with E-state index in [2.05, 4.69) is 31.2 Å². The van der Waals surface area contributed by atoms with E-state index in [1.165, 1.54) is 23.3 Å². The summed E-state index contributed by atoms with van der Waals surface area (Å²) in [5, 5.41) is 0. The molecule has 0 N–H and O–H groups in total. The molecule has 170 valence electrons. The lowest BCUT2D eigenvalue weighted by Gasteiger charge is -2.14. The van der Waals surface area contributed by atoms with Gasteiger partial charge in [-0.05, 0) is 72.7 Å². The van der Waals surface area contributed by atoms with Crippen LogP contribution in [0, 0.1) is 5.82 Å². The summed E-state index contributed by atoms with van der Waals surface area (Å²) < 4.78 is 52.5. The zero-order valence-electron chi connectivity index (χ0n) is 18.5. The predicted molar refractivity (Wildman–Crippen MR) is 122 cm³/mol. The molecule has 0 spiro atoms. The Labute approximate surface area is 188 Å². The highest BCUT2D eigenvalue weighted by Crippen LogP contribution is 2.37. The van der Waals surface area contributed by atoms with Crippen molar-refractivity contribution in [1.29, 1.82) is 0 Å². The monoisotopic (exact) mass is 442 g/mol. The molecule has 0 heterocycles. The van der Waals surface area contributed by atoms with Crippen molar-refractivity contribution < 1.29 is 22.6 Å². The average molecular weight is 443 g/mol. The van der Waals surface area contributed by atoms with Crippen LogP contribution in [0.2, 0.25) is 0 Å². The fourth-order valence-corrected chi connectivity index (χ4v) is 3.66. The summed E-state index contributed by atoms with van der Waals surface area (Å²) in [5.74, 6) is -0.522. The van der Waals surface area contributed by atoms with Gasteiger partial charge < -0.3 is 9.47 Å². The van der Waals surface area contributed by atoms with Crippen molar-refractivity contribution in [2.45, 2.75) is 46.0 Å². The van der Waals surface area contributed by atoms with Gasteiger partial charge in [0.15, 0.2) is 11.6 Å². The van der Waals surface area contributed by atoms with Crippen molar-refractivity contribution in [2.75, 3.05) is 13.2 Å². The second-order valence-electron chi connectivity index (χ2n) is 7.62. The third-order valence-corrected chi connectivity index (χ3v) is 5.27. The van der Waals surface area contributed by atoms with Crippen LogP contribution in [0.3, 0.4) is 0 Å². The molecular weight excluding hydrogens is 413 g/mol. The van der Waals surface area contributed by atoms with E-state index < -0.39 is 17.8 Å². The van der Waals surface area contributed by atoms with Crippen molar-refractivity contribution in [3.05, 3.63) is 83.2 Å². The molecule has 3 rings (SSSR count). The fraction of sp³-hybridized carbons (Fsp3) is 0.333. The van der Waals surface area contributed by atoms with Gasteiger partial charge in [0.1, 0.15) is 5.75 Å². The van der Waals surface area contributed by atoms with Gasteiger partial charge in [0.05, 0.1) is 18.8 Å². The van der Waals surface area contributed by atoms with Crippen LogP contribution in [0.25, 0.3) is 11.1 Å². The number of alkyl halides is 2. The van der Waals surface area contributed by atoms with Crippen molar-refractivity contribution in [2.24, 2.45) is 0 Å². The van der Waals surface area contributed by atoms with Gasteiger partial charge in [-0.1, -0.05) is 49.7 Å². The summed E-state index contributed by atoms with van der Waals surface area (Å²) in [6.45, 7) is 4.61. The third kappa shape index (κ3) is 6.06. The van der Waals surface area contributed by atoms with Crippen LogP contribution >= 0.6 is 0 Å². The molecule has 3 aromatic rings. The smallest absolute Gasteiger partial charge is 0.267 e. The summed E-state index contributed by atoms with van der Waals surface area (Å²) in [4.78, 5) is 0. The topological polar surface area (TPSA) is 18.5 Å². The number of rotatable bonds is 11. The van der Waals surface area contributed by atoms with E-state index in [0.29, 0.717) is 17.9 Å². The molecule has 0 saturated carbocycles. The zero-order chi connectivity index (χ0) is 22.9. The zero-order valence-corrected chi connectivity index (χ0v) is 18.5. The molecule has 0 aliphatic rings. The first kappa shape index (κ1) is 23.7. The van der Waals surface area contributed by atoms with Crippen LogP contribution in [0.5, 0.6) is 11.5 Å². The van der Waals surface area contributed by atoms with E-state index in [1.807, 2.05) is 0 Å². The average Bonchev–Trinajstić information content (AvgIpc) is 2.79. The fourth-order valence-electron chi connectivity index (χ4n) is 3.66. The molecule has 0 unspecified atom stereocenters. The molecule has 32 heavy (non-hydrogen) atoms. The third-order valence-electron chi connectivity index (χ3n) is 5.27. The normalized spacial score (nSPS) is 11.1. The van der Waals surface area contributed by atoms with E-state index in [9.17, 15) is 13.2 Å². The number of ether oxygens (including phenoxy) is 2. The van der Waals surface area contributed by atoms with Gasteiger partial charge in [-0.3, -0.25) is 0 Å². The first-order valence-electron chi connectivity index (χ1n) is 11.1. The van der Waals surface area contributed by atoms with Crippen LogP contribution in [0.15, 0.2) is 60.7 Å². The molecule has 0 aromatic heterocycles. The van der Waals surface area contributed by atoms with E-state index in [1.54, 1.807) is 31.2 Å². The summed E-state index contributed by atoms with van der Waals surface area (Å²) in [6, 6.07) is 18.3. The second kappa shape index (κ2) is 11.6. The van der Waals surface area contributed by atoms with Crippen LogP contribution < -0.4 is 9.47 Å². The molecule has 3 aromatic carbocycles. The minimum absolute atomic E-state index is 0.152. The first-order valence-corrected chi connectivity index (χ1v) is 11.1. The second-order valence-corrected chi connectivity index (χ2v) is 7.62. The number of halogens is 3. The molecule has 0 atom stereocenters. The molecule has 0 radical (unpaired) electrons. The number of aryl methyl sites for hydroxylation is 2. The highest BCUT2D eigenvalue weighted by molar-refractivity contribution is 5.69. The quantitative estimate of drug-likeness (QED) is 0.282. The summed E-state index contributed by atoms with van der Waals surface area (Å²) in [6.07, 6.45) is 1.09. The lowest BCUT2D eigenvalue weighted by molar-refractivity contribution is 0.145. The van der Waals surface area contributed by atoms with E-state index in [0.717, 1.165) is 25.7 Å². The van der Waals surface area contributed by atoms with Crippen molar-refractivity contribution >= 4 is 0 Å². The van der Waals surface area contributed by atoms with Gasteiger partial charge in [-0.15, -0.1) is 0 Å². The Balaban J connectivity index is 1.60. The molecule has 0 bridgehead atoms. The molecule has 0 saturated heterocycles. The summed E-state index contributed by atoms with van der Waals surface area (Å²) in [5.41, 5.74) is 2.64. The molecule has 2 nitrogen and oxygen atoms in total. The van der Waals surface area contributed by atoms with E-state index in [-0.39, 0.29) is 17.9 Å². The Hall–Kier alpha value is -2.95. The number of hydrogen-bond donors (Lipinski definition) is 0. The van der Waals surface area contributed by atoms with E-state index >= 15 is 0 Å². The van der Waals surface area contributed by atoms with Crippen molar-refractivity contribution in [1.82, 2.24) is 0 Å². The maximum atomic E-state index is 14.5. The van der Waals surface area contributed by atoms with Crippen LogP contribution in [0.4, 0.5) is 13.2 Å². The minimum atomic E-state index is -2.95. The van der Waals surface area contributed by atoms with Crippen molar-refractivity contribution in [3.63, 3.8) is 0 Å². The van der Waals surface area contributed by atoms with Gasteiger partial charge >= 0.3 is 0 Å². The Kier molecular flexibility index (Phi) is 8.60. The predicted octanol–water partition coefficient (Wildman–Crippen LogP) is 7.79. The molecule has 5 heteroatoms. The van der Waals surface area contributed by atoms with Gasteiger partial charge in [-0.25, -0.2) is 13.2 Å². The SMILES string of the molecule is CCCc1ccc(CCCOc2ccc(-c3ccc(OCC)c(F)c3C(F)F)cc2)cc1. The highest BCUT2D eigenvalue weighted by atomic mass is 19.3. The van der Waals surface area contributed by atoms with Crippen LogP contribution in [-0.2, 0) is 12.8 Å². The van der Waals surface area contributed by atoms with Gasteiger partial charge in [-0.2, -0.15) is 0 Å². The summed E-state index contributed by atoms with van der Waals surface area (Å²) >= 11 is 0. The van der Waals surface area contributed by atoms with Crippen LogP contribution in [0.1, 0.15) is 49.8 Å². The molecule has 0 fully saturated rings. The van der Waals surface area contributed by atoms with E-state index in [4.69, 9.17) is 9.47 Å². The van der Waals surface area contributed by atoms with Gasteiger partial charge in [0, 0.05) is 0 Å². The lowest BCUT2D eigenvalue weighted by Crippen LogP contribution is -2.02. The van der Waals surface area contributed by atoms with Crippen molar-refractivity contribution in [3.8, 4) is 22.6 Å². The standard InChI is InChI=1S/C27H29F3O2/c1-3-6-19-8-10-20(11-9-19)7-5-18-32-22-14-12-21(13-15-22)23-16-17-24(31-4-2)26(28)25(23)27(29)30/h8-17,27H,3-7,18H2,1-2H3. The summed E-state index contributed by atoms with van der Waals surface area (Å²) in [7, 11) is 0. The number of hydrogen-bond acceptors (Lipinski definition) is 2. The Morgan fingerprint density at radius 2 is 1.44 bits per heavy atom. The first-order chi connectivity index (χ1) is 15.5. The number of benzene rings is 3. The maximum Gasteiger partial charge on any atom is 0.267 e. The molecular formula is C27H29F3O2. The Bertz CT molecular complexity index is 983.